The van der Waals surface area contributed by atoms with Crippen molar-refractivity contribution in [3.63, 3.8) is 0 Å². The molecule has 0 aliphatic rings. The van der Waals surface area contributed by atoms with E-state index in [1.54, 1.807) is 0 Å². The van der Waals surface area contributed by atoms with Crippen LogP contribution < -0.4 is 10.5 Å². The molecule has 0 amide bonds. The molecule has 8 heteroatoms. The van der Waals surface area contributed by atoms with Gasteiger partial charge in [0.1, 0.15) is 5.75 Å². The summed E-state index contributed by atoms with van der Waals surface area (Å²) in [6.07, 6.45) is 1.98. The third-order valence-corrected chi connectivity index (χ3v) is 3.17. The summed E-state index contributed by atoms with van der Waals surface area (Å²) in [5.74, 6) is 0.321. The molecular weight excluding hydrogens is 298 g/mol. The SMILES string of the molecule is CCCCOc1ccc(-c2nnn(CC(N)CC(=O)O)n2)cc1. The van der Waals surface area contributed by atoms with Crippen LogP contribution in [0.3, 0.4) is 0 Å². The van der Waals surface area contributed by atoms with Gasteiger partial charge in [-0.25, -0.2) is 0 Å². The number of carboxylic acid groups (broad SMARTS) is 1. The van der Waals surface area contributed by atoms with Crippen LogP contribution in [0.2, 0.25) is 0 Å². The Morgan fingerprint density at radius 3 is 2.78 bits per heavy atom. The summed E-state index contributed by atoms with van der Waals surface area (Å²) in [5, 5.41) is 20.8. The fourth-order valence-electron chi connectivity index (χ4n) is 1.97. The van der Waals surface area contributed by atoms with Crippen LogP contribution in [0.25, 0.3) is 11.4 Å². The lowest BCUT2D eigenvalue weighted by atomic mass is 10.2. The van der Waals surface area contributed by atoms with E-state index in [1.165, 1.54) is 4.80 Å². The van der Waals surface area contributed by atoms with Crippen molar-refractivity contribution in [2.75, 3.05) is 6.61 Å². The number of nitrogens with zero attached hydrogens (tertiary/aromatic N) is 4. The summed E-state index contributed by atoms with van der Waals surface area (Å²) in [5.41, 5.74) is 6.52. The molecule has 124 valence electrons. The second-order valence-electron chi connectivity index (χ2n) is 5.25. The maximum absolute atomic E-state index is 10.6. The number of tetrazole rings is 1. The Bertz CT molecular complexity index is 626. The van der Waals surface area contributed by atoms with Crippen LogP contribution in [0.1, 0.15) is 26.2 Å². The first-order chi connectivity index (χ1) is 11.1. The highest BCUT2D eigenvalue weighted by Crippen LogP contribution is 2.19. The lowest BCUT2D eigenvalue weighted by Gasteiger charge is -2.06. The van der Waals surface area contributed by atoms with E-state index in [-0.39, 0.29) is 13.0 Å². The molecule has 0 radical (unpaired) electrons. The molecule has 0 bridgehead atoms. The summed E-state index contributed by atoms with van der Waals surface area (Å²) in [7, 11) is 0. The summed E-state index contributed by atoms with van der Waals surface area (Å²) in [4.78, 5) is 11.9. The molecule has 1 unspecified atom stereocenters. The number of nitrogens with two attached hydrogens (primary N) is 1. The highest BCUT2D eigenvalue weighted by Gasteiger charge is 2.12. The van der Waals surface area contributed by atoms with Crippen molar-refractivity contribution in [1.82, 2.24) is 20.2 Å². The van der Waals surface area contributed by atoms with Crippen LogP contribution in [0.15, 0.2) is 24.3 Å². The monoisotopic (exact) mass is 319 g/mol. The van der Waals surface area contributed by atoms with Crippen molar-refractivity contribution < 1.29 is 14.6 Å². The average molecular weight is 319 g/mol. The molecular formula is C15H21N5O3. The molecule has 0 fully saturated rings. The summed E-state index contributed by atoms with van der Waals surface area (Å²) in [6.45, 7) is 3.02. The molecule has 0 aliphatic heterocycles. The summed E-state index contributed by atoms with van der Waals surface area (Å²) >= 11 is 0. The molecule has 1 heterocycles. The van der Waals surface area contributed by atoms with Crippen molar-refractivity contribution in [2.45, 2.75) is 38.8 Å². The lowest BCUT2D eigenvalue weighted by Crippen LogP contribution is -2.30. The third kappa shape index (κ3) is 5.33. The van der Waals surface area contributed by atoms with Gasteiger partial charge in [-0.15, -0.1) is 10.2 Å². The Kier molecular flexibility index (Phi) is 6.04. The minimum atomic E-state index is -0.948. The van der Waals surface area contributed by atoms with Gasteiger partial charge in [0.25, 0.3) is 0 Å². The molecule has 0 saturated carbocycles. The molecule has 23 heavy (non-hydrogen) atoms. The number of carbonyl (C=O) groups is 1. The summed E-state index contributed by atoms with van der Waals surface area (Å²) in [6, 6.07) is 6.90. The minimum absolute atomic E-state index is 0.138. The minimum Gasteiger partial charge on any atom is -0.494 e. The van der Waals surface area contributed by atoms with Crippen LogP contribution in [0.4, 0.5) is 0 Å². The van der Waals surface area contributed by atoms with Crippen LogP contribution in [0, 0.1) is 0 Å². The van der Waals surface area contributed by atoms with Gasteiger partial charge in [-0.1, -0.05) is 13.3 Å². The van der Waals surface area contributed by atoms with Crippen molar-refractivity contribution in [3.05, 3.63) is 24.3 Å². The fraction of sp³-hybridized carbons (Fsp3) is 0.467. The highest BCUT2D eigenvalue weighted by molar-refractivity contribution is 5.67. The zero-order chi connectivity index (χ0) is 16.7. The number of unbranched alkanes of at least 4 members (excludes halogenated alkanes) is 1. The van der Waals surface area contributed by atoms with Crippen molar-refractivity contribution in [1.29, 1.82) is 0 Å². The van der Waals surface area contributed by atoms with Crippen LogP contribution >= 0.6 is 0 Å². The normalized spacial score (nSPS) is 12.1. The predicted molar refractivity (Wildman–Crippen MR) is 83.9 cm³/mol. The standard InChI is InChI=1S/C15H21N5O3/c1-2-3-8-23-13-6-4-11(5-7-13)15-17-19-20(18-15)10-12(16)9-14(21)22/h4-7,12H,2-3,8-10,16H2,1H3,(H,21,22). The number of benzene rings is 1. The smallest absolute Gasteiger partial charge is 0.304 e. The Morgan fingerprint density at radius 1 is 1.39 bits per heavy atom. The first kappa shape index (κ1) is 16.9. The number of rotatable bonds is 9. The van der Waals surface area contributed by atoms with E-state index in [9.17, 15) is 4.79 Å². The Morgan fingerprint density at radius 2 is 2.13 bits per heavy atom. The Balaban J connectivity index is 1.95. The average Bonchev–Trinajstić information content (AvgIpc) is 2.95. The zero-order valence-electron chi connectivity index (χ0n) is 13.1. The van der Waals surface area contributed by atoms with Crippen LogP contribution in [-0.2, 0) is 11.3 Å². The van der Waals surface area contributed by atoms with Gasteiger partial charge in [0.15, 0.2) is 0 Å². The fourth-order valence-corrected chi connectivity index (χ4v) is 1.97. The molecule has 1 atom stereocenters. The predicted octanol–water partition coefficient (Wildman–Crippen LogP) is 1.32. The number of aromatic nitrogens is 4. The van der Waals surface area contributed by atoms with Crippen LogP contribution in [0.5, 0.6) is 5.75 Å². The van der Waals surface area contributed by atoms with Crippen LogP contribution in [-0.4, -0.2) is 43.9 Å². The molecule has 2 aromatic rings. The van der Waals surface area contributed by atoms with E-state index in [0.29, 0.717) is 12.4 Å². The van der Waals surface area contributed by atoms with E-state index in [4.69, 9.17) is 15.6 Å². The number of hydrogen-bond donors (Lipinski definition) is 2. The maximum atomic E-state index is 10.6. The van der Waals surface area contributed by atoms with Gasteiger partial charge < -0.3 is 15.6 Å². The van der Waals surface area contributed by atoms with Gasteiger partial charge in [0.2, 0.25) is 5.82 Å². The first-order valence-electron chi connectivity index (χ1n) is 7.57. The number of hydrogen-bond acceptors (Lipinski definition) is 6. The third-order valence-electron chi connectivity index (χ3n) is 3.17. The largest absolute Gasteiger partial charge is 0.494 e. The second-order valence-corrected chi connectivity index (χ2v) is 5.25. The second kappa shape index (κ2) is 8.23. The Hall–Kier alpha value is -2.48. The molecule has 3 N–H and O–H groups in total. The van der Waals surface area contributed by atoms with Crippen molar-refractivity contribution in [2.24, 2.45) is 5.73 Å². The molecule has 0 aliphatic carbocycles. The van der Waals surface area contributed by atoms with E-state index in [2.05, 4.69) is 22.3 Å². The van der Waals surface area contributed by atoms with E-state index < -0.39 is 12.0 Å². The highest BCUT2D eigenvalue weighted by atomic mass is 16.5. The number of ether oxygens (including phenoxy) is 1. The molecule has 2 rings (SSSR count). The first-order valence-corrected chi connectivity index (χ1v) is 7.57. The lowest BCUT2D eigenvalue weighted by molar-refractivity contribution is -0.137. The molecule has 0 saturated heterocycles. The van der Waals surface area contributed by atoms with Gasteiger partial charge in [0, 0.05) is 11.6 Å². The zero-order valence-corrected chi connectivity index (χ0v) is 13.1. The van der Waals surface area contributed by atoms with E-state index >= 15 is 0 Å². The quantitative estimate of drug-likeness (QED) is 0.669. The Labute approximate surface area is 134 Å². The molecule has 0 spiro atoms. The summed E-state index contributed by atoms with van der Waals surface area (Å²) < 4.78 is 5.60. The van der Waals surface area contributed by atoms with Gasteiger partial charge in [-0.3, -0.25) is 4.79 Å². The number of aliphatic carboxylic acids is 1. The van der Waals surface area contributed by atoms with Gasteiger partial charge >= 0.3 is 5.97 Å². The van der Waals surface area contributed by atoms with Gasteiger partial charge in [-0.2, -0.15) is 4.80 Å². The molecule has 8 nitrogen and oxygen atoms in total. The van der Waals surface area contributed by atoms with E-state index in [0.717, 1.165) is 24.2 Å². The van der Waals surface area contributed by atoms with Gasteiger partial charge in [-0.05, 0) is 35.9 Å². The van der Waals surface area contributed by atoms with Gasteiger partial charge in [0.05, 0.1) is 19.6 Å². The van der Waals surface area contributed by atoms with Crippen molar-refractivity contribution >= 4 is 5.97 Å². The molecule has 1 aromatic carbocycles. The van der Waals surface area contributed by atoms with E-state index in [1.807, 2.05) is 24.3 Å². The number of carboxylic acids is 1. The van der Waals surface area contributed by atoms with Crippen molar-refractivity contribution in [3.8, 4) is 17.1 Å². The molecule has 1 aromatic heterocycles. The maximum Gasteiger partial charge on any atom is 0.304 e. The topological polar surface area (TPSA) is 116 Å².